The number of allylic oxidation sites excluding steroid dienone is 1. The number of amides is 1. The van der Waals surface area contributed by atoms with Crippen LogP contribution in [0.4, 0.5) is 0 Å². The van der Waals surface area contributed by atoms with E-state index in [9.17, 15) is 24.3 Å². The third-order valence-corrected chi connectivity index (χ3v) is 10.5. The molecule has 1 saturated heterocycles. The number of ether oxygens (including phenoxy) is 1. The zero-order valence-electron chi connectivity index (χ0n) is 21.1. The second-order valence-corrected chi connectivity index (χ2v) is 12.2. The SMILES string of the molecule is C[C@]12CC[C@@H]3[C@@H](CCC4=CC(=O)CC[C@@]43C)[C@@H]1CC[C@@H]2OC(=O)CCC(=O)N1CCC[C@@H]1C(=O)O. The highest BCUT2D eigenvalue weighted by Crippen LogP contribution is 2.65. The summed E-state index contributed by atoms with van der Waals surface area (Å²) < 4.78 is 6.01. The van der Waals surface area contributed by atoms with Crippen LogP contribution in [0.1, 0.15) is 90.9 Å². The Morgan fingerprint density at radius 1 is 1.03 bits per heavy atom. The number of ketones is 1. The summed E-state index contributed by atoms with van der Waals surface area (Å²) >= 11 is 0. The van der Waals surface area contributed by atoms with E-state index in [1.807, 2.05) is 6.08 Å². The van der Waals surface area contributed by atoms with Crippen LogP contribution in [-0.2, 0) is 23.9 Å². The van der Waals surface area contributed by atoms with E-state index in [2.05, 4.69) is 13.8 Å². The zero-order chi connectivity index (χ0) is 25.0. The van der Waals surface area contributed by atoms with E-state index < -0.39 is 12.0 Å². The number of carbonyl (C=O) groups is 4. The number of rotatable bonds is 5. The molecular weight excluding hydrogens is 446 g/mol. The van der Waals surface area contributed by atoms with Crippen molar-refractivity contribution in [3.63, 3.8) is 0 Å². The number of carbonyl (C=O) groups excluding carboxylic acids is 3. The third kappa shape index (κ3) is 4.13. The molecule has 0 aromatic carbocycles. The van der Waals surface area contributed by atoms with Crippen molar-refractivity contribution in [3.05, 3.63) is 11.6 Å². The van der Waals surface area contributed by atoms with Crippen LogP contribution in [0.15, 0.2) is 11.6 Å². The van der Waals surface area contributed by atoms with Gasteiger partial charge in [0.25, 0.3) is 0 Å². The van der Waals surface area contributed by atoms with Crippen LogP contribution in [0, 0.1) is 28.6 Å². The first-order chi connectivity index (χ1) is 16.6. The molecule has 7 nitrogen and oxygen atoms in total. The topological polar surface area (TPSA) is 101 Å². The molecule has 3 saturated carbocycles. The van der Waals surface area contributed by atoms with Gasteiger partial charge in [0.05, 0.1) is 6.42 Å². The second kappa shape index (κ2) is 9.04. The molecule has 192 valence electrons. The fraction of sp³-hybridized carbons (Fsp3) is 0.786. The van der Waals surface area contributed by atoms with Gasteiger partial charge in [-0.05, 0) is 87.0 Å². The molecule has 1 heterocycles. The minimum absolute atomic E-state index is 0.00519. The van der Waals surface area contributed by atoms with Gasteiger partial charge in [0.2, 0.25) is 5.91 Å². The van der Waals surface area contributed by atoms with Gasteiger partial charge in [-0.15, -0.1) is 0 Å². The summed E-state index contributed by atoms with van der Waals surface area (Å²) in [5, 5.41) is 9.31. The summed E-state index contributed by atoms with van der Waals surface area (Å²) in [5.74, 6) is 0.431. The van der Waals surface area contributed by atoms with Crippen molar-refractivity contribution in [3.8, 4) is 0 Å². The molecule has 4 fully saturated rings. The van der Waals surface area contributed by atoms with Crippen molar-refractivity contribution in [2.75, 3.05) is 6.54 Å². The largest absolute Gasteiger partial charge is 0.480 e. The number of nitrogens with zero attached hydrogens (tertiary/aromatic N) is 1. The normalized spacial score (nSPS) is 40.4. The van der Waals surface area contributed by atoms with Gasteiger partial charge in [0.1, 0.15) is 12.1 Å². The van der Waals surface area contributed by atoms with Crippen molar-refractivity contribution in [2.45, 2.75) is 103 Å². The summed E-state index contributed by atoms with van der Waals surface area (Å²) in [4.78, 5) is 50.1. The van der Waals surface area contributed by atoms with E-state index in [1.165, 1.54) is 10.5 Å². The van der Waals surface area contributed by atoms with Crippen molar-refractivity contribution in [1.82, 2.24) is 4.90 Å². The Labute approximate surface area is 207 Å². The minimum Gasteiger partial charge on any atom is -0.480 e. The molecule has 0 bridgehead atoms. The maximum atomic E-state index is 12.8. The van der Waals surface area contributed by atoms with Crippen LogP contribution in [-0.4, -0.2) is 52.3 Å². The first-order valence-corrected chi connectivity index (χ1v) is 13.6. The average Bonchev–Trinajstić information content (AvgIpc) is 3.43. The lowest BCUT2D eigenvalue weighted by molar-refractivity contribution is -0.161. The van der Waals surface area contributed by atoms with E-state index in [0.717, 1.165) is 44.9 Å². The highest BCUT2D eigenvalue weighted by molar-refractivity contribution is 5.91. The van der Waals surface area contributed by atoms with E-state index >= 15 is 0 Å². The van der Waals surface area contributed by atoms with Crippen LogP contribution >= 0.6 is 0 Å². The van der Waals surface area contributed by atoms with Crippen molar-refractivity contribution >= 4 is 23.6 Å². The van der Waals surface area contributed by atoms with Gasteiger partial charge in [0.15, 0.2) is 5.78 Å². The van der Waals surface area contributed by atoms with Crippen LogP contribution in [0.5, 0.6) is 0 Å². The summed E-state index contributed by atoms with van der Waals surface area (Å²) in [5.41, 5.74) is 1.47. The Bertz CT molecular complexity index is 957. The molecule has 5 rings (SSSR count). The number of hydrogen-bond acceptors (Lipinski definition) is 5. The van der Waals surface area contributed by atoms with Gasteiger partial charge >= 0.3 is 11.9 Å². The molecule has 0 unspecified atom stereocenters. The molecule has 0 aromatic heterocycles. The maximum Gasteiger partial charge on any atom is 0.326 e. The van der Waals surface area contributed by atoms with Crippen LogP contribution in [0.2, 0.25) is 0 Å². The quantitative estimate of drug-likeness (QED) is 0.583. The first-order valence-electron chi connectivity index (χ1n) is 13.6. The Morgan fingerprint density at radius 2 is 1.83 bits per heavy atom. The fourth-order valence-electron chi connectivity index (χ4n) is 8.60. The lowest BCUT2D eigenvalue weighted by Gasteiger charge is -2.57. The molecule has 0 spiro atoms. The molecule has 0 radical (unpaired) electrons. The number of esters is 1. The van der Waals surface area contributed by atoms with Crippen LogP contribution < -0.4 is 0 Å². The molecule has 7 atom stereocenters. The Kier molecular flexibility index (Phi) is 6.33. The zero-order valence-corrected chi connectivity index (χ0v) is 21.1. The van der Waals surface area contributed by atoms with E-state index in [-0.39, 0.29) is 47.4 Å². The van der Waals surface area contributed by atoms with Crippen molar-refractivity contribution in [1.29, 1.82) is 0 Å². The number of carboxylic acids is 1. The average molecular weight is 486 g/mol. The molecule has 7 heteroatoms. The van der Waals surface area contributed by atoms with Gasteiger partial charge in [-0.25, -0.2) is 4.79 Å². The van der Waals surface area contributed by atoms with Gasteiger partial charge in [-0.3, -0.25) is 14.4 Å². The molecule has 1 aliphatic heterocycles. The van der Waals surface area contributed by atoms with Crippen molar-refractivity contribution in [2.24, 2.45) is 28.6 Å². The van der Waals surface area contributed by atoms with E-state index in [4.69, 9.17) is 4.74 Å². The van der Waals surface area contributed by atoms with Gasteiger partial charge in [-0.1, -0.05) is 19.4 Å². The predicted octanol–water partition coefficient (Wildman–Crippen LogP) is 4.29. The fourth-order valence-corrected chi connectivity index (χ4v) is 8.60. The van der Waals surface area contributed by atoms with E-state index in [1.54, 1.807) is 0 Å². The smallest absolute Gasteiger partial charge is 0.326 e. The van der Waals surface area contributed by atoms with Crippen LogP contribution in [0.3, 0.4) is 0 Å². The number of aliphatic carboxylic acids is 1. The molecule has 1 amide bonds. The van der Waals surface area contributed by atoms with Gasteiger partial charge in [-0.2, -0.15) is 0 Å². The maximum absolute atomic E-state index is 12.8. The third-order valence-electron chi connectivity index (χ3n) is 10.5. The van der Waals surface area contributed by atoms with Gasteiger partial charge < -0.3 is 14.7 Å². The molecule has 35 heavy (non-hydrogen) atoms. The number of likely N-dealkylation sites (tertiary alicyclic amines) is 1. The molecule has 0 aromatic rings. The Morgan fingerprint density at radius 3 is 2.60 bits per heavy atom. The Balaban J connectivity index is 1.20. The number of fused-ring (bicyclic) bond motifs is 5. The highest BCUT2D eigenvalue weighted by Gasteiger charge is 2.60. The predicted molar refractivity (Wildman–Crippen MR) is 128 cm³/mol. The van der Waals surface area contributed by atoms with Crippen molar-refractivity contribution < 1.29 is 29.0 Å². The van der Waals surface area contributed by atoms with E-state index in [0.29, 0.717) is 43.6 Å². The lowest BCUT2D eigenvalue weighted by atomic mass is 9.47. The number of hydrogen-bond donors (Lipinski definition) is 1. The van der Waals surface area contributed by atoms with Crippen LogP contribution in [0.25, 0.3) is 0 Å². The monoisotopic (exact) mass is 485 g/mol. The Hall–Kier alpha value is -2.18. The summed E-state index contributed by atoms with van der Waals surface area (Å²) in [7, 11) is 0. The molecule has 5 aliphatic rings. The summed E-state index contributed by atoms with van der Waals surface area (Å²) in [6.45, 7) is 5.12. The highest BCUT2D eigenvalue weighted by atomic mass is 16.5. The molecule has 1 N–H and O–H groups in total. The lowest BCUT2D eigenvalue weighted by Crippen LogP contribution is -2.51. The summed E-state index contributed by atoms with van der Waals surface area (Å²) in [6.07, 6.45) is 10.8. The molecule has 4 aliphatic carbocycles. The standard InChI is InChI=1S/C28H39NO6/c1-27-13-11-18(30)16-17(27)5-6-19-20-7-8-23(28(20,2)14-12-21(19)27)35-25(32)10-9-24(31)29-15-3-4-22(29)26(33)34/h16,19-23H,3-15H2,1-2H3,(H,33,34)/t19-,20-,21+,22+,23-,27-,28-/m0/s1. The molecular formula is C28H39NO6. The first kappa shape index (κ1) is 24.5. The second-order valence-electron chi connectivity index (χ2n) is 12.2. The van der Waals surface area contributed by atoms with Gasteiger partial charge in [0, 0.05) is 24.8 Å². The minimum atomic E-state index is -0.974. The summed E-state index contributed by atoms with van der Waals surface area (Å²) in [6, 6.07) is -0.766. The number of carboxylic acid groups (broad SMARTS) is 1.